The highest BCUT2D eigenvalue weighted by atomic mass is 16.5. The van der Waals surface area contributed by atoms with E-state index in [4.69, 9.17) is 9.47 Å². The van der Waals surface area contributed by atoms with E-state index in [0.717, 1.165) is 0 Å². The van der Waals surface area contributed by atoms with Crippen molar-refractivity contribution in [2.45, 2.75) is 31.9 Å². The van der Waals surface area contributed by atoms with Gasteiger partial charge in [0.1, 0.15) is 18.1 Å². The van der Waals surface area contributed by atoms with Crippen LogP contribution >= 0.6 is 0 Å². The molecule has 0 bridgehead atoms. The molecule has 8 heteroatoms. The molecule has 3 rings (SSSR count). The van der Waals surface area contributed by atoms with E-state index in [9.17, 15) is 9.59 Å². The van der Waals surface area contributed by atoms with Crippen molar-refractivity contribution in [3.8, 4) is 0 Å². The first-order valence-corrected chi connectivity index (χ1v) is 8.59. The summed E-state index contributed by atoms with van der Waals surface area (Å²) in [4.78, 5) is 36.8. The molecule has 1 aromatic heterocycles. The first kappa shape index (κ1) is 17.8. The molecule has 1 aromatic rings. The van der Waals surface area contributed by atoms with Crippen molar-refractivity contribution in [3.05, 3.63) is 23.8 Å². The summed E-state index contributed by atoms with van der Waals surface area (Å²) in [7, 11) is 1.62. The van der Waals surface area contributed by atoms with Crippen LogP contribution in [0.3, 0.4) is 0 Å². The Morgan fingerprint density at radius 3 is 2.96 bits per heavy atom. The molecular weight excluding hydrogens is 324 g/mol. The van der Waals surface area contributed by atoms with Crippen LogP contribution in [0.5, 0.6) is 0 Å². The van der Waals surface area contributed by atoms with E-state index in [1.807, 2.05) is 4.90 Å². The maximum absolute atomic E-state index is 12.7. The largest absolute Gasteiger partial charge is 0.383 e. The van der Waals surface area contributed by atoms with Crippen LogP contribution < -0.4 is 0 Å². The quantitative estimate of drug-likeness (QED) is 0.776. The van der Waals surface area contributed by atoms with Gasteiger partial charge in [0.25, 0.3) is 5.91 Å². The molecule has 0 aliphatic carbocycles. The van der Waals surface area contributed by atoms with Gasteiger partial charge in [-0.3, -0.25) is 9.59 Å². The van der Waals surface area contributed by atoms with Crippen molar-refractivity contribution in [2.75, 3.05) is 40.0 Å². The lowest BCUT2D eigenvalue weighted by Gasteiger charge is -2.40. The van der Waals surface area contributed by atoms with Crippen molar-refractivity contribution in [2.24, 2.45) is 0 Å². The molecule has 0 unspecified atom stereocenters. The van der Waals surface area contributed by atoms with Gasteiger partial charge < -0.3 is 19.3 Å². The molecule has 2 saturated heterocycles. The van der Waals surface area contributed by atoms with Crippen LogP contribution in [0.25, 0.3) is 0 Å². The lowest BCUT2D eigenvalue weighted by molar-refractivity contribution is -0.158. The zero-order valence-corrected chi connectivity index (χ0v) is 14.7. The first-order chi connectivity index (χ1) is 12.1. The van der Waals surface area contributed by atoms with Crippen molar-refractivity contribution in [3.63, 3.8) is 0 Å². The highest BCUT2D eigenvalue weighted by molar-refractivity contribution is 5.92. The molecular formula is C17H24N4O4. The highest BCUT2D eigenvalue weighted by Gasteiger charge is 2.39. The molecule has 0 aromatic carbocycles. The molecule has 2 atom stereocenters. The Hall–Kier alpha value is -2.06. The molecule has 136 valence electrons. The maximum Gasteiger partial charge on any atom is 0.272 e. The maximum atomic E-state index is 12.7. The van der Waals surface area contributed by atoms with Crippen LogP contribution in [-0.4, -0.2) is 83.7 Å². The fraction of sp³-hybridized carbons (Fsp3) is 0.647. The third-order valence-electron chi connectivity index (χ3n) is 4.77. The van der Waals surface area contributed by atoms with E-state index >= 15 is 0 Å². The van der Waals surface area contributed by atoms with E-state index in [0.29, 0.717) is 50.6 Å². The van der Waals surface area contributed by atoms with E-state index in [2.05, 4.69) is 9.97 Å². The fourth-order valence-corrected chi connectivity index (χ4v) is 3.48. The van der Waals surface area contributed by atoms with Gasteiger partial charge in [-0.1, -0.05) is 0 Å². The fourth-order valence-electron chi connectivity index (χ4n) is 3.48. The van der Waals surface area contributed by atoms with Crippen molar-refractivity contribution in [1.82, 2.24) is 19.8 Å². The highest BCUT2D eigenvalue weighted by Crippen LogP contribution is 2.25. The Kier molecular flexibility index (Phi) is 5.60. The van der Waals surface area contributed by atoms with Crippen LogP contribution in [-0.2, 0) is 14.3 Å². The van der Waals surface area contributed by atoms with Gasteiger partial charge in [-0.05, 0) is 25.8 Å². The number of nitrogens with zero attached hydrogens (tertiary/aromatic N) is 4. The molecule has 2 amide bonds. The number of methoxy groups -OCH3 is 1. The van der Waals surface area contributed by atoms with Gasteiger partial charge in [0.15, 0.2) is 0 Å². The van der Waals surface area contributed by atoms with Crippen molar-refractivity contribution in [1.29, 1.82) is 0 Å². The standard InChI is InChI=1S/C17H24N4O4/c1-12-18-6-3-13(19-12)17(23)20-7-4-14-15(5-8-20)25-11-16(22)21(14)9-10-24-2/h3,6,14-15H,4-5,7-11H2,1-2H3/t14-,15-/m0/s1. The Balaban J connectivity index is 1.70. The number of ether oxygens (including phenoxy) is 2. The second-order valence-electron chi connectivity index (χ2n) is 6.36. The Morgan fingerprint density at radius 2 is 2.20 bits per heavy atom. The van der Waals surface area contributed by atoms with Crippen LogP contribution in [0, 0.1) is 6.92 Å². The number of rotatable bonds is 4. The molecule has 0 spiro atoms. The number of hydrogen-bond acceptors (Lipinski definition) is 6. The zero-order chi connectivity index (χ0) is 17.8. The third kappa shape index (κ3) is 3.96. The van der Waals surface area contributed by atoms with Gasteiger partial charge in [-0.2, -0.15) is 0 Å². The van der Waals surface area contributed by atoms with Crippen LogP contribution in [0.1, 0.15) is 29.2 Å². The topological polar surface area (TPSA) is 84.9 Å². The Morgan fingerprint density at radius 1 is 1.40 bits per heavy atom. The normalized spacial score (nSPS) is 24.0. The molecule has 8 nitrogen and oxygen atoms in total. The minimum absolute atomic E-state index is 0.00972. The summed E-state index contributed by atoms with van der Waals surface area (Å²) in [5.74, 6) is 0.470. The van der Waals surface area contributed by atoms with E-state index in [1.54, 1.807) is 31.2 Å². The van der Waals surface area contributed by atoms with Gasteiger partial charge in [-0.15, -0.1) is 0 Å². The number of aromatic nitrogens is 2. The van der Waals surface area contributed by atoms with Crippen LogP contribution in [0.2, 0.25) is 0 Å². The smallest absolute Gasteiger partial charge is 0.272 e. The second-order valence-corrected chi connectivity index (χ2v) is 6.36. The summed E-state index contributed by atoms with van der Waals surface area (Å²) in [5, 5.41) is 0. The number of morpholine rings is 1. The van der Waals surface area contributed by atoms with E-state index in [-0.39, 0.29) is 30.6 Å². The summed E-state index contributed by atoms with van der Waals surface area (Å²) in [6.07, 6.45) is 2.95. The number of hydrogen-bond donors (Lipinski definition) is 0. The van der Waals surface area contributed by atoms with E-state index in [1.165, 1.54) is 0 Å². The lowest BCUT2D eigenvalue weighted by Crippen LogP contribution is -2.55. The summed E-state index contributed by atoms with van der Waals surface area (Å²) < 4.78 is 10.9. The number of carbonyl (C=O) groups excluding carboxylic acids is 2. The third-order valence-corrected chi connectivity index (χ3v) is 4.77. The lowest BCUT2D eigenvalue weighted by atomic mass is 10.0. The second kappa shape index (κ2) is 7.88. The SMILES string of the molecule is COCCN1C(=O)CO[C@H]2CCN(C(=O)c3ccnc(C)n3)CC[C@@H]21. The number of fused-ring (bicyclic) bond motifs is 1. The molecule has 3 heterocycles. The molecule has 0 N–H and O–H groups in total. The summed E-state index contributed by atoms with van der Waals surface area (Å²) in [5.41, 5.74) is 0.408. The average molecular weight is 348 g/mol. The number of carbonyl (C=O) groups is 2. The summed E-state index contributed by atoms with van der Waals surface area (Å²) in [6, 6.07) is 1.62. The average Bonchev–Trinajstić information content (AvgIpc) is 2.83. The van der Waals surface area contributed by atoms with Gasteiger partial charge >= 0.3 is 0 Å². The minimum Gasteiger partial charge on any atom is -0.383 e. The number of likely N-dealkylation sites (tertiary alicyclic amines) is 1. The van der Waals surface area contributed by atoms with Gasteiger partial charge in [0.05, 0.1) is 18.8 Å². The molecule has 2 aliphatic rings. The minimum atomic E-state index is -0.0982. The number of amides is 2. The molecule has 2 fully saturated rings. The summed E-state index contributed by atoms with van der Waals surface area (Å²) in [6.45, 7) is 4.08. The Bertz CT molecular complexity index is 639. The van der Waals surface area contributed by atoms with Crippen molar-refractivity contribution < 1.29 is 19.1 Å². The van der Waals surface area contributed by atoms with Gasteiger partial charge in [-0.25, -0.2) is 9.97 Å². The summed E-state index contributed by atoms with van der Waals surface area (Å²) >= 11 is 0. The van der Waals surface area contributed by atoms with Crippen molar-refractivity contribution >= 4 is 11.8 Å². The van der Waals surface area contributed by atoms with E-state index < -0.39 is 0 Å². The monoisotopic (exact) mass is 348 g/mol. The van der Waals surface area contributed by atoms with Gasteiger partial charge in [0, 0.05) is 32.9 Å². The van der Waals surface area contributed by atoms with Gasteiger partial charge in [0.2, 0.25) is 5.91 Å². The Labute approximate surface area is 147 Å². The molecule has 25 heavy (non-hydrogen) atoms. The first-order valence-electron chi connectivity index (χ1n) is 8.59. The predicted molar refractivity (Wildman–Crippen MR) is 89.0 cm³/mol. The zero-order valence-electron chi connectivity index (χ0n) is 14.7. The predicted octanol–water partition coefficient (Wildman–Crippen LogP) is 0.263. The van der Waals surface area contributed by atoms with Crippen LogP contribution in [0.4, 0.5) is 0 Å². The molecule has 0 radical (unpaired) electrons. The number of aryl methyl sites for hydroxylation is 1. The molecule has 0 saturated carbocycles. The van der Waals surface area contributed by atoms with Crippen LogP contribution in [0.15, 0.2) is 12.3 Å². The molecule has 2 aliphatic heterocycles.